The van der Waals surface area contributed by atoms with Crippen molar-refractivity contribution in [2.75, 3.05) is 13.1 Å². The molecule has 2 heterocycles. The first-order valence-corrected chi connectivity index (χ1v) is 9.26. The highest BCUT2D eigenvalue weighted by Gasteiger charge is 2.39. The van der Waals surface area contributed by atoms with Crippen molar-refractivity contribution < 1.29 is 9.90 Å². The number of H-pyrrole nitrogens is 1. The summed E-state index contributed by atoms with van der Waals surface area (Å²) in [6.07, 6.45) is 3.50. The van der Waals surface area contributed by atoms with E-state index in [1.165, 1.54) is 0 Å². The third-order valence-electron chi connectivity index (χ3n) is 5.70. The summed E-state index contributed by atoms with van der Waals surface area (Å²) < 4.78 is 0. The number of aromatic nitrogens is 2. The van der Waals surface area contributed by atoms with Gasteiger partial charge in [0, 0.05) is 6.04 Å². The third-order valence-corrected chi connectivity index (χ3v) is 5.70. The molecule has 1 saturated carbocycles. The zero-order valence-electron chi connectivity index (χ0n) is 14.6. The Morgan fingerprint density at radius 3 is 2.76 bits per heavy atom. The number of hydrogen-bond donors (Lipinski definition) is 4. The van der Waals surface area contributed by atoms with E-state index in [0.717, 1.165) is 55.4 Å². The lowest BCUT2D eigenvalue weighted by atomic mass is 9.71. The first kappa shape index (κ1) is 16.5. The average Bonchev–Trinajstić information content (AvgIpc) is 3.01. The number of aryl methyl sites for hydroxylation is 1. The molecular weight excluding hydrogens is 316 g/mol. The quantitative estimate of drug-likeness (QED) is 0.681. The molecule has 1 aromatic heterocycles. The first-order chi connectivity index (χ1) is 12.1. The highest BCUT2D eigenvalue weighted by Crippen LogP contribution is 2.35. The number of nitrogens with one attached hydrogen (secondary N) is 3. The van der Waals surface area contributed by atoms with Crippen LogP contribution in [0.4, 0.5) is 0 Å². The van der Waals surface area contributed by atoms with Crippen molar-refractivity contribution in [3.63, 3.8) is 0 Å². The highest BCUT2D eigenvalue weighted by molar-refractivity contribution is 5.94. The molecule has 1 aliphatic heterocycles. The summed E-state index contributed by atoms with van der Waals surface area (Å²) in [5, 5.41) is 16.3. The number of carbonyl (C=O) groups is 1. The lowest BCUT2D eigenvalue weighted by molar-refractivity contribution is 0.00908. The zero-order chi connectivity index (χ0) is 17.4. The number of piperidine rings is 1. The standard InChI is InChI=1S/C19H26N4O2/c1-11-2-3-15-16(8-11)22-18(21-15)19(25)23-17(13-9-14(24)10-13)12-4-6-20-7-5-12/h2-3,8,12-14,17,20,24H,4-7,9-10H2,1H3,(H,21,22)(H,23,25). The molecular formula is C19H26N4O2. The zero-order valence-corrected chi connectivity index (χ0v) is 14.6. The predicted molar refractivity (Wildman–Crippen MR) is 96.4 cm³/mol. The molecule has 134 valence electrons. The predicted octanol–water partition coefficient (Wildman–Crippen LogP) is 1.74. The summed E-state index contributed by atoms with van der Waals surface area (Å²) in [6.45, 7) is 4.02. The van der Waals surface area contributed by atoms with E-state index in [9.17, 15) is 9.90 Å². The van der Waals surface area contributed by atoms with Crippen LogP contribution in [0.2, 0.25) is 0 Å². The molecule has 0 bridgehead atoms. The fourth-order valence-corrected chi connectivity index (χ4v) is 4.20. The maximum Gasteiger partial charge on any atom is 0.287 e. The van der Waals surface area contributed by atoms with Crippen molar-refractivity contribution in [2.45, 2.75) is 44.8 Å². The molecule has 1 saturated heterocycles. The Morgan fingerprint density at radius 1 is 1.28 bits per heavy atom. The van der Waals surface area contributed by atoms with E-state index in [4.69, 9.17) is 0 Å². The van der Waals surface area contributed by atoms with Gasteiger partial charge in [0.2, 0.25) is 0 Å². The van der Waals surface area contributed by atoms with Gasteiger partial charge in [-0.15, -0.1) is 0 Å². The van der Waals surface area contributed by atoms with Crippen molar-refractivity contribution in [3.8, 4) is 0 Å². The van der Waals surface area contributed by atoms with Gasteiger partial charge in [-0.2, -0.15) is 0 Å². The smallest absolute Gasteiger partial charge is 0.287 e. The van der Waals surface area contributed by atoms with Crippen LogP contribution in [0.5, 0.6) is 0 Å². The van der Waals surface area contributed by atoms with Crippen LogP contribution in [0.3, 0.4) is 0 Å². The van der Waals surface area contributed by atoms with E-state index in [-0.39, 0.29) is 18.1 Å². The van der Waals surface area contributed by atoms with E-state index in [1.807, 2.05) is 25.1 Å². The maximum atomic E-state index is 12.8. The number of rotatable bonds is 4. The summed E-state index contributed by atoms with van der Waals surface area (Å²) in [4.78, 5) is 20.4. The lowest BCUT2D eigenvalue weighted by Gasteiger charge is -2.43. The van der Waals surface area contributed by atoms with Gasteiger partial charge in [0.25, 0.3) is 5.91 Å². The van der Waals surface area contributed by atoms with Crippen LogP contribution < -0.4 is 10.6 Å². The van der Waals surface area contributed by atoms with Gasteiger partial charge in [-0.3, -0.25) is 4.79 Å². The Balaban J connectivity index is 1.52. The summed E-state index contributed by atoms with van der Waals surface area (Å²) >= 11 is 0. The Bertz CT molecular complexity index is 760. The number of amides is 1. The normalized spacial score (nSPS) is 25.5. The molecule has 2 fully saturated rings. The Morgan fingerprint density at radius 2 is 2.04 bits per heavy atom. The molecule has 1 atom stereocenters. The molecule has 4 N–H and O–H groups in total. The number of carbonyl (C=O) groups excluding carboxylic acids is 1. The van der Waals surface area contributed by atoms with Crippen LogP contribution in [-0.4, -0.2) is 46.2 Å². The molecule has 6 nitrogen and oxygen atoms in total. The fourth-order valence-electron chi connectivity index (χ4n) is 4.20. The SMILES string of the molecule is Cc1ccc2nc(C(=O)NC(C3CCNCC3)C3CC(O)C3)[nH]c2c1. The van der Waals surface area contributed by atoms with E-state index in [0.29, 0.717) is 17.7 Å². The van der Waals surface area contributed by atoms with Crippen molar-refractivity contribution in [2.24, 2.45) is 11.8 Å². The molecule has 2 aliphatic rings. The molecule has 6 heteroatoms. The van der Waals surface area contributed by atoms with Gasteiger partial charge in [-0.1, -0.05) is 6.07 Å². The van der Waals surface area contributed by atoms with Crippen LogP contribution >= 0.6 is 0 Å². The van der Waals surface area contributed by atoms with E-state index >= 15 is 0 Å². The molecule has 0 radical (unpaired) electrons. The van der Waals surface area contributed by atoms with Crippen molar-refractivity contribution in [3.05, 3.63) is 29.6 Å². The van der Waals surface area contributed by atoms with Crippen LogP contribution in [-0.2, 0) is 0 Å². The van der Waals surface area contributed by atoms with E-state index < -0.39 is 0 Å². The number of aromatic amines is 1. The number of aliphatic hydroxyl groups excluding tert-OH is 1. The fraction of sp³-hybridized carbons (Fsp3) is 0.579. The number of fused-ring (bicyclic) bond motifs is 1. The average molecular weight is 342 g/mol. The Labute approximate surface area is 147 Å². The van der Waals surface area contributed by atoms with Crippen LogP contribution in [0.15, 0.2) is 18.2 Å². The molecule has 0 spiro atoms. The third kappa shape index (κ3) is 3.41. The molecule has 1 unspecified atom stereocenters. The monoisotopic (exact) mass is 342 g/mol. The molecule has 4 rings (SSSR count). The summed E-state index contributed by atoms with van der Waals surface area (Å²) in [5.41, 5.74) is 2.84. The Kier molecular flexibility index (Phi) is 4.48. The molecule has 2 aromatic rings. The number of benzene rings is 1. The minimum atomic E-state index is -0.208. The van der Waals surface area contributed by atoms with Crippen LogP contribution in [0, 0.1) is 18.8 Å². The minimum absolute atomic E-state index is 0.118. The molecule has 1 aliphatic carbocycles. The maximum absolute atomic E-state index is 12.8. The van der Waals surface area contributed by atoms with Crippen LogP contribution in [0.25, 0.3) is 11.0 Å². The summed E-state index contributed by atoms with van der Waals surface area (Å²) in [7, 11) is 0. The van der Waals surface area contributed by atoms with Gasteiger partial charge >= 0.3 is 0 Å². The number of imidazole rings is 1. The number of nitrogens with zero attached hydrogens (tertiary/aromatic N) is 1. The highest BCUT2D eigenvalue weighted by atomic mass is 16.3. The van der Waals surface area contributed by atoms with Gasteiger partial charge in [-0.05, 0) is 75.2 Å². The molecule has 1 aromatic carbocycles. The van der Waals surface area contributed by atoms with Gasteiger partial charge in [0.15, 0.2) is 5.82 Å². The number of hydrogen-bond acceptors (Lipinski definition) is 4. The van der Waals surface area contributed by atoms with Gasteiger partial charge in [-0.25, -0.2) is 4.98 Å². The van der Waals surface area contributed by atoms with Crippen LogP contribution in [0.1, 0.15) is 41.9 Å². The summed E-state index contributed by atoms with van der Waals surface area (Å²) in [5.74, 6) is 1.07. The topological polar surface area (TPSA) is 90.0 Å². The van der Waals surface area contributed by atoms with Crippen molar-refractivity contribution in [1.29, 1.82) is 0 Å². The van der Waals surface area contributed by atoms with Crippen molar-refractivity contribution >= 4 is 16.9 Å². The van der Waals surface area contributed by atoms with Crippen molar-refractivity contribution in [1.82, 2.24) is 20.6 Å². The van der Waals surface area contributed by atoms with E-state index in [1.54, 1.807) is 0 Å². The lowest BCUT2D eigenvalue weighted by Crippen LogP contribution is -2.53. The molecule has 1 amide bonds. The van der Waals surface area contributed by atoms with Gasteiger partial charge < -0.3 is 20.7 Å². The van der Waals surface area contributed by atoms with E-state index in [2.05, 4.69) is 20.6 Å². The largest absolute Gasteiger partial charge is 0.393 e. The first-order valence-electron chi connectivity index (χ1n) is 9.26. The van der Waals surface area contributed by atoms with Gasteiger partial charge in [0.1, 0.15) is 0 Å². The Hall–Kier alpha value is -1.92. The second-order valence-electron chi connectivity index (χ2n) is 7.58. The molecule has 25 heavy (non-hydrogen) atoms. The number of aliphatic hydroxyl groups is 1. The second-order valence-corrected chi connectivity index (χ2v) is 7.58. The van der Waals surface area contributed by atoms with Gasteiger partial charge in [0.05, 0.1) is 17.1 Å². The summed E-state index contributed by atoms with van der Waals surface area (Å²) in [6, 6.07) is 6.06. The second kappa shape index (κ2) is 6.77. The minimum Gasteiger partial charge on any atom is -0.393 e.